The van der Waals surface area contributed by atoms with Crippen LogP contribution in [0.5, 0.6) is 0 Å². The molecule has 0 saturated heterocycles. The first-order chi connectivity index (χ1) is 9.69. The van der Waals surface area contributed by atoms with E-state index in [1.807, 2.05) is 0 Å². The van der Waals surface area contributed by atoms with Gasteiger partial charge < -0.3 is 15.5 Å². The van der Waals surface area contributed by atoms with E-state index in [2.05, 4.69) is 24.1 Å². The van der Waals surface area contributed by atoms with Gasteiger partial charge in [0, 0.05) is 6.54 Å². The second-order valence-corrected chi connectivity index (χ2v) is 7.00. The number of aromatic carboxylic acids is 1. The van der Waals surface area contributed by atoms with E-state index >= 15 is 0 Å². The lowest BCUT2D eigenvalue weighted by Gasteiger charge is -2.40. The maximum atomic E-state index is 11.0. The summed E-state index contributed by atoms with van der Waals surface area (Å²) in [5, 5.41) is 22.7. The largest absolute Gasteiger partial charge is 0.478 e. The molecule has 3 N–H and O–H groups in total. The molecule has 1 aromatic rings. The van der Waals surface area contributed by atoms with Gasteiger partial charge in [0.2, 0.25) is 0 Å². The van der Waals surface area contributed by atoms with Crippen molar-refractivity contribution in [2.45, 2.75) is 45.1 Å². The van der Waals surface area contributed by atoms with Gasteiger partial charge in [-0.2, -0.15) is 0 Å². The number of carboxylic acids is 1. The van der Waals surface area contributed by atoms with Crippen molar-refractivity contribution in [2.24, 2.45) is 5.41 Å². The van der Waals surface area contributed by atoms with Gasteiger partial charge in [0.15, 0.2) is 0 Å². The number of rotatable bonds is 4. The van der Waals surface area contributed by atoms with Crippen LogP contribution >= 0.6 is 11.6 Å². The van der Waals surface area contributed by atoms with E-state index in [4.69, 9.17) is 16.7 Å². The predicted molar refractivity (Wildman–Crippen MR) is 81.9 cm³/mol. The van der Waals surface area contributed by atoms with E-state index < -0.39 is 11.6 Å². The molecular formula is C15H21ClN2O3. The molecule has 116 valence electrons. The molecule has 0 radical (unpaired) electrons. The Hall–Kier alpha value is -1.33. The summed E-state index contributed by atoms with van der Waals surface area (Å²) in [7, 11) is 0. The monoisotopic (exact) mass is 312 g/mol. The molecule has 1 fully saturated rings. The average Bonchev–Trinajstić information content (AvgIpc) is 2.40. The van der Waals surface area contributed by atoms with Crippen LogP contribution in [0.25, 0.3) is 0 Å². The molecule has 6 heteroatoms. The highest BCUT2D eigenvalue weighted by Gasteiger charge is 2.36. The number of carbonyl (C=O) groups is 1. The molecule has 0 aromatic carbocycles. The SMILES string of the molecule is CC1(C)CCC(O)(CNc2cc(C(=O)O)cc(Cl)n2)CC1. The summed E-state index contributed by atoms with van der Waals surface area (Å²) in [5.74, 6) is -0.682. The van der Waals surface area contributed by atoms with E-state index in [1.54, 1.807) is 0 Å². The molecule has 1 aliphatic rings. The second-order valence-electron chi connectivity index (χ2n) is 6.61. The Kier molecular flexibility index (Phi) is 4.44. The molecule has 1 saturated carbocycles. The quantitative estimate of drug-likeness (QED) is 0.744. The van der Waals surface area contributed by atoms with Crippen molar-refractivity contribution in [3.63, 3.8) is 0 Å². The Bertz CT molecular complexity index is 536. The van der Waals surface area contributed by atoms with Crippen molar-refractivity contribution < 1.29 is 15.0 Å². The number of nitrogens with zero attached hydrogens (tertiary/aromatic N) is 1. The minimum atomic E-state index is -1.06. The highest BCUT2D eigenvalue weighted by Crippen LogP contribution is 2.40. The molecule has 0 atom stereocenters. The lowest BCUT2D eigenvalue weighted by Crippen LogP contribution is -2.42. The number of halogens is 1. The van der Waals surface area contributed by atoms with Gasteiger partial charge in [-0.05, 0) is 43.2 Å². The van der Waals surface area contributed by atoms with Gasteiger partial charge >= 0.3 is 5.97 Å². The van der Waals surface area contributed by atoms with Crippen LogP contribution in [-0.2, 0) is 0 Å². The van der Waals surface area contributed by atoms with Crippen molar-refractivity contribution in [3.8, 4) is 0 Å². The minimum Gasteiger partial charge on any atom is -0.478 e. The van der Waals surface area contributed by atoms with Gasteiger partial charge in [0.25, 0.3) is 0 Å². The molecule has 0 spiro atoms. The van der Waals surface area contributed by atoms with Gasteiger partial charge in [0.05, 0.1) is 11.2 Å². The Morgan fingerprint density at radius 3 is 2.52 bits per heavy atom. The van der Waals surface area contributed by atoms with Gasteiger partial charge in [-0.3, -0.25) is 0 Å². The lowest BCUT2D eigenvalue weighted by molar-refractivity contribution is -0.0145. The van der Waals surface area contributed by atoms with E-state index in [0.29, 0.717) is 12.4 Å². The number of aromatic nitrogens is 1. The number of pyridine rings is 1. The zero-order valence-electron chi connectivity index (χ0n) is 12.3. The molecule has 5 nitrogen and oxygen atoms in total. The maximum absolute atomic E-state index is 11.0. The fraction of sp³-hybridized carbons (Fsp3) is 0.600. The van der Waals surface area contributed by atoms with E-state index in [1.165, 1.54) is 12.1 Å². The van der Waals surface area contributed by atoms with Crippen LogP contribution in [0, 0.1) is 5.41 Å². The van der Waals surface area contributed by atoms with Crippen molar-refractivity contribution in [1.82, 2.24) is 4.98 Å². The Labute approximate surface area is 129 Å². The first-order valence-electron chi connectivity index (χ1n) is 7.06. The summed E-state index contributed by atoms with van der Waals surface area (Å²) in [4.78, 5) is 15.0. The Morgan fingerprint density at radius 1 is 1.33 bits per heavy atom. The number of aliphatic hydroxyl groups is 1. The average molecular weight is 313 g/mol. The third-order valence-electron chi connectivity index (χ3n) is 4.17. The molecule has 0 amide bonds. The number of hydrogen-bond acceptors (Lipinski definition) is 4. The highest BCUT2D eigenvalue weighted by molar-refractivity contribution is 6.29. The van der Waals surface area contributed by atoms with Crippen molar-refractivity contribution >= 4 is 23.4 Å². The fourth-order valence-corrected chi connectivity index (χ4v) is 2.74. The lowest BCUT2D eigenvalue weighted by atomic mass is 9.71. The first kappa shape index (κ1) is 16.0. The van der Waals surface area contributed by atoms with Crippen LogP contribution in [0.3, 0.4) is 0 Å². The molecule has 1 aliphatic carbocycles. The van der Waals surface area contributed by atoms with Crippen LogP contribution in [0.4, 0.5) is 5.82 Å². The van der Waals surface area contributed by atoms with Gasteiger partial charge in [-0.25, -0.2) is 9.78 Å². The highest BCUT2D eigenvalue weighted by atomic mass is 35.5. The molecular weight excluding hydrogens is 292 g/mol. The van der Waals surface area contributed by atoms with Crippen molar-refractivity contribution in [1.29, 1.82) is 0 Å². The molecule has 2 rings (SSSR count). The van der Waals surface area contributed by atoms with Crippen LogP contribution in [0.1, 0.15) is 49.9 Å². The number of anilines is 1. The fourth-order valence-electron chi connectivity index (χ4n) is 2.53. The number of carboxylic acid groups (broad SMARTS) is 1. The Balaban J connectivity index is 2.01. The summed E-state index contributed by atoms with van der Waals surface area (Å²) >= 11 is 5.81. The van der Waals surface area contributed by atoms with Crippen LogP contribution in [0.2, 0.25) is 5.15 Å². The Morgan fingerprint density at radius 2 is 1.95 bits per heavy atom. The van der Waals surface area contributed by atoms with Crippen molar-refractivity contribution in [2.75, 3.05) is 11.9 Å². The topological polar surface area (TPSA) is 82.5 Å². The van der Waals surface area contributed by atoms with Crippen LogP contribution in [-0.4, -0.2) is 33.3 Å². The molecule has 21 heavy (non-hydrogen) atoms. The zero-order valence-corrected chi connectivity index (χ0v) is 13.1. The molecule has 0 bridgehead atoms. The molecule has 0 aliphatic heterocycles. The standard InChI is InChI=1S/C15H21ClN2O3/c1-14(2)3-5-15(21,6-4-14)9-17-12-8-10(13(19)20)7-11(16)18-12/h7-8,21H,3-6,9H2,1-2H3,(H,17,18)(H,19,20). The van der Waals surface area contributed by atoms with Gasteiger partial charge in [0.1, 0.15) is 11.0 Å². The third-order valence-corrected chi connectivity index (χ3v) is 4.37. The number of nitrogens with one attached hydrogen (secondary N) is 1. The minimum absolute atomic E-state index is 0.0780. The van der Waals surface area contributed by atoms with E-state index in [0.717, 1.165) is 25.7 Å². The second kappa shape index (κ2) is 5.81. The van der Waals surface area contributed by atoms with Crippen molar-refractivity contribution in [3.05, 3.63) is 22.8 Å². The van der Waals surface area contributed by atoms with Gasteiger partial charge in [-0.1, -0.05) is 25.4 Å². The predicted octanol–water partition coefficient (Wildman–Crippen LogP) is 3.18. The zero-order chi connectivity index (χ0) is 15.7. The molecule has 1 aromatic heterocycles. The van der Waals surface area contributed by atoms with Crippen LogP contribution < -0.4 is 5.32 Å². The first-order valence-corrected chi connectivity index (χ1v) is 7.44. The summed E-state index contributed by atoms with van der Waals surface area (Å²) < 4.78 is 0. The summed E-state index contributed by atoms with van der Waals surface area (Å²) in [6.45, 7) is 4.75. The smallest absolute Gasteiger partial charge is 0.335 e. The molecule has 0 unspecified atom stereocenters. The van der Waals surface area contributed by atoms with Gasteiger partial charge in [-0.15, -0.1) is 0 Å². The third kappa shape index (κ3) is 4.32. The number of hydrogen-bond donors (Lipinski definition) is 3. The summed E-state index contributed by atoms with van der Waals surface area (Å²) in [5.41, 5.74) is -0.422. The van der Waals surface area contributed by atoms with E-state index in [9.17, 15) is 9.90 Å². The van der Waals surface area contributed by atoms with Crippen LogP contribution in [0.15, 0.2) is 12.1 Å². The summed E-state index contributed by atoms with van der Waals surface area (Å²) in [6.07, 6.45) is 3.38. The molecule has 1 heterocycles. The summed E-state index contributed by atoms with van der Waals surface area (Å²) in [6, 6.07) is 2.72. The maximum Gasteiger partial charge on any atom is 0.335 e. The van der Waals surface area contributed by atoms with E-state index in [-0.39, 0.29) is 16.1 Å². The normalized spacial score (nSPS) is 20.0.